The van der Waals surface area contributed by atoms with Crippen LogP contribution >= 0.6 is 0 Å². The van der Waals surface area contributed by atoms with Crippen molar-refractivity contribution in [1.82, 2.24) is 0 Å². The Hall–Kier alpha value is -0.530. The molecule has 2 rings (SSSR count). The lowest BCUT2D eigenvalue weighted by molar-refractivity contribution is -0.150. The van der Waals surface area contributed by atoms with Crippen LogP contribution in [-0.4, -0.2) is 12.1 Å². The summed E-state index contributed by atoms with van der Waals surface area (Å²) in [5.74, 6) is 2.37. The van der Waals surface area contributed by atoms with Crippen LogP contribution in [-0.2, 0) is 9.53 Å². The summed E-state index contributed by atoms with van der Waals surface area (Å²) >= 11 is 0. The summed E-state index contributed by atoms with van der Waals surface area (Å²) in [6.45, 7) is 4.86. The Bertz CT molecular complexity index is 226. The Morgan fingerprint density at radius 3 is 2.64 bits per heavy atom. The Balaban J connectivity index is 2.08. The van der Waals surface area contributed by atoms with Crippen molar-refractivity contribution in [2.45, 2.75) is 51.6 Å². The molecule has 2 aliphatic rings. The van der Waals surface area contributed by atoms with Crippen molar-refractivity contribution in [1.29, 1.82) is 0 Å². The second-order valence-electron chi connectivity index (χ2n) is 5.16. The van der Waals surface area contributed by atoms with Gasteiger partial charge in [-0.15, -0.1) is 0 Å². The van der Waals surface area contributed by atoms with Crippen molar-refractivity contribution >= 4 is 6.47 Å². The van der Waals surface area contributed by atoms with Gasteiger partial charge in [-0.1, -0.05) is 13.3 Å². The van der Waals surface area contributed by atoms with Crippen LogP contribution in [0.4, 0.5) is 0 Å². The van der Waals surface area contributed by atoms with E-state index in [1.54, 1.807) is 0 Å². The Morgan fingerprint density at radius 2 is 2.21 bits per heavy atom. The average molecular weight is 196 g/mol. The van der Waals surface area contributed by atoms with E-state index >= 15 is 0 Å². The monoisotopic (exact) mass is 196 g/mol. The van der Waals surface area contributed by atoms with Gasteiger partial charge in [0.15, 0.2) is 0 Å². The topological polar surface area (TPSA) is 26.3 Å². The van der Waals surface area contributed by atoms with Gasteiger partial charge in [0, 0.05) is 5.92 Å². The Labute approximate surface area is 86.0 Å². The normalized spacial score (nSPS) is 39.4. The van der Waals surface area contributed by atoms with Gasteiger partial charge in [0.1, 0.15) is 5.60 Å². The van der Waals surface area contributed by atoms with E-state index in [9.17, 15) is 4.79 Å². The summed E-state index contributed by atoms with van der Waals surface area (Å²) in [5.41, 5.74) is -0.193. The fraction of sp³-hybridized carbons (Fsp3) is 0.917. The third kappa shape index (κ3) is 1.45. The smallest absolute Gasteiger partial charge is 0.293 e. The molecular formula is C12H20O2. The molecule has 0 aromatic carbocycles. The zero-order valence-electron chi connectivity index (χ0n) is 9.16. The molecule has 0 aromatic heterocycles. The summed E-state index contributed by atoms with van der Waals surface area (Å²) in [6.07, 6.45) is 6.36. The molecule has 0 saturated heterocycles. The summed E-state index contributed by atoms with van der Waals surface area (Å²) in [5, 5.41) is 0. The first-order valence-electron chi connectivity index (χ1n) is 5.81. The van der Waals surface area contributed by atoms with E-state index in [1.165, 1.54) is 25.7 Å². The third-order valence-corrected chi connectivity index (χ3v) is 4.54. The third-order valence-electron chi connectivity index (χ3n) is 4.54. The van der Waals surface area contributed by atoms with Crippen molar-refractivity contribution in [2.75, 3.05) is 0 Å². The lowest BCUT2D eigenvalue weighted by Gasteiger charge is -2.37. The highest BCUT2D eigenvalue weighted by Crippen LogP contribution is 2.53. The second-order valence-corrected chi connectivity index (χ2v) is 5.16. The molecule has 2 fully saturated rings. The fourth-order valence-electron chi connectivity index (χ4n) is 3.54. The largest absolute Gasteiger partial charge is 0.461 e. The fourth-order valence-corrected chi connectivity index (χ4v) is 3.54. The molecule has 0 amide bonds. The van der Waals surface area contributed by atoms with Crippen molar-refractivity contribution in [2.24, 2.45) is 17.8 Å². The van der Waals surface area contributed by atoms with Crippen LogP contribution < -0.4 is 0 Å². The minimum Gasteiger partial charge on any atom is -0.461 e. The van der Waals surface area contributed by atoms with Crippen molar-refractivity contribution < 1.29 is 9.53 Å². The van der Waals surface area contributed by atoms with Crippen LogP contribution in [0, 0.1) is 17.8 Å². The zero-order chi connectivity index (χ0) is 10.2. The van der Waals surface area contributed by atoms with Gasteiger partial charge in [-0.3, -0.25) is 4.79 Å². The van der Waals surface area contributed by atoms with Gasteiger partial charge >= 0.3 is 0 Å². The van der Waals surface area contributed by atoms with Gasteiger partial charge in [0.05, 0.1) is 0 Å². The molecule has 2 heteroatoms. The minimum absolute atomic E-state index is 0.193. The zero-order valence-corrected chi connectivity index (χ0v) is 9.16. The maximum Gasteiger partial charge on any atom is 0.293 e. The van der Waals surface area contributed by atoms with Crippen LogP contribution in [0.3, 0.4) is 0 Å². The number of ether oxygens (including phenoxy) is 1. The quantitative estimate of drug-likeness (QED) is 0.646. The van der Waals surface area contributed by atoms with Crippen LogP contribution in [0.5, 0.6) is 0 Å². The summed E-state index contributed by atoms with van der Waals surface area (Å²) < 4.78 is 5.33. The molecule has 0 aromatic rings. The van der Waals surface area contributed by atoms with Gasteiger partial charge in [0.2, 0.25) is 0 Å². The molecular weight excluding hydrogens is 176 g/mol. The SMILES string of the molecule is CCC(C)(OC=O)C1CC2CCC1C2. The van der Waals surface area contributed by atoms with Gasteiger partial charge in [0.25, 0.3) is 6.47 Å². The van der Waals surface area contributed by atoms with E-state index in [0.717, 1.165) is 18.3 Å². The molecule has 2 bridgehead atoms. The molecule has 2 nitrogen and oxygen atoms in total. The standard InChI is InChI=1S/C12H20O2/c1-3-12(2,14-8-13)11-7-9-4-5-10(11)6-9/h8-11H,3-7H2,1-2H3. The molecule has 2 saturated carbocycles. The number of carbonyl (C=O) groups excluding carboxylic acids is 1. The molecule has 0 aliphatic heterocycles. The minimum atomic E-state index is -0.193. The molecule has 4 atom stereocenters. The molecule has 14 heavy (non-hydrogen) atoms. The van der Waals surface area contributed by atoms with E-state index in [0.29, 0.717) is 12.4 Å². The lowest BCUT2D eigenvalue weighted by Crippen LogP contribution is -2.39. The maximum atomic E-state index is 10.5. The predicted molar refractivity (Wildman–Crippen MR) is 54.8 cm³/mol. The van der Waals surface area contributed by atoms with Crippen molar-refractivity contribution in [3.05, 3.63) is 0 Å². The lowest BCUT2D eigenvalue weighted by atomic mass is 9.76. The van der Waals surface area contributed by atoms with Crippen molar-refractivity contribution in [3.8, 4) is 0 Å². The first kappa shape index (κ1) is 10.0. The number of rotatable bonds is 4. The summed E-state index contributed by atoms with van der Waals surface area (Å²) in [6, 6.07) is 0. The van der Waals surface area contributed by atoms with E-state index < -0.39 is 0 Å². The highest BCUT2D eigenvalue weighted by molar-refractivity contribution is 5.38. The molecule has 0 spiro atoms. The highest BCUT2D eigenvalue weighted by atomic mass is 16.5. The Morgan fingerprint density at radius 1 is 1.43 bits per heavy atom. The van der Waals surface area contributed by atoms with E-state index in [-0.39, 0.29) is 5.60 Å². The van der Waals surface area contributed by atoms with Gasteiger partial charge in [-0.25, -0.2) is 0 Å². The second kappa shape index (κ2) is 3.56. The molecule has 0 N–H and O–H groups in total. The molecule has 4 unspecified atom stereocenters. The number of hydrogen-bond acceptors (Lipinski definition) is 2. The van der Waals surface area contributed by atoms with Gasteiger partial charge in [-0.2, -0.15) is 0 Å². The first-order chi connectivity index (χ1) is 6.69. The maximum absolute atomic E-state index is 10.5. The number of carbonyl (C=O) groups is 1. The number of fused-ring (bicyclic) bond motifs is 2. The van der Waals surface area contributed by atoms with E-state index in [2.05, 4.69) is 13.8 Å². The number of hydrogen-bond donors (Lipinski definition) is 0. The predicted octanol–water partition coefficient (Wildman–Crippen LogP) is 2.76. The molecule has 80 valence electrons. The van der Waals surface area contributed by atoms with E-state index in [1.807, 2.05) is 0 Å². The van der Waals surface area contributed by atoms with Crippen molar-refractivity contribution in [3.63, 3.8) is 0 Å². The first-order valence-corrected chi connectivity index (χ1v) is 5.81. The summed E-state index contributed by atoms with van der Waals surface area (Å²) in [4.78, 5) is 10.5. The average Bonchev–Trinajstić information content (AvgIpc) is 2.79. The van der Waals surface area contributed by atoms with Crippen LogP contribution in [0.1, 0.15) is 46.0 Å². The van der Waals surface area contributed by atoms with Gasteiger partial charge < -0.3 is 4.74 Å². The molecule has 0 heterocycles. The van der Waals surface area contributed by atoms with Crippen LogP contribution in [0.2, 0.25) is 0 Å². The molecule has 2 aliphatic carbocycles. The summed E-state index contributed by atoms with van der Waals surface area (Å²) in [7, 11) is 0. The van der Waals surface area contributed by atoms with Crippen LogP contribution in [0.15, 0.2) is 0 Å². The Kier molecular flexibility index (Phi) is 2.54. The van der Waals surface area contributed by atoms with Gasteiger partial charge in [-0.05, 0) is 44.4 Å². The van der Waals surface area contributed by atoms with Crippen LogP contribution in [0.25, 0.3) is 0 Å². The molecule has 0 radical (unpaired) electrons. The highest BCUT2D eigenvalue weighted by Gasteiger charge is 2.48. The van der Waals surface area contributed by atoms with E-state index in [4.69, 9.17) is 4.74 Å².